The van der Waals surface area contributed by atoms with E-state index in [9.17, 15) is 4.79 Å². The summed E-state index contributed by atoms with van der Waals surface area (Å²) in [4.78, 5) is 10.9. The second-order valence-corrected chi connectivity index (χ2v) is 2.98. The van der Waals surface area contributed by atoms with Crippen molar-refractivity contribution in [2.75, 3.05) is 13.7 Å². The molecule has 0 saturated heterocycles. The topological polar surface area (TPSA) is 35.5 Å². The molecule has 0 amide bonds. The van der Waals surface area contributed by atoms with Crippen LogP contribution in [0.15, 0.2) is 11.8 Å². The zero-order valence-electron chi connectivity index (χ0n) is 8.09. The minimum absolute atomic E-state index is 0.344. The van der Waals surface area contributed by atoms with Crippen molar-refractivity contribution in [3.05, 3.63) is 11.8 Å². The van der Waals surface area contributed by atoms with Crippen LogP contribution in [0, 0.1) is 5.92 Å². The van der Waals surface area contributed by atoms with Gasteiger partial charge in [-0.2, -0.15) is 0 Å². The van der Waals surface area contributed by atoms with Gasteiger partial charge < -0.3 is 9.47 Å². The Balaban J connectivity index is 3.74. The molecular weight excluding hydrogens is 156 g/mol. The van der Waals surface area contributed by atoms with Crippen LogP contribution in [0.5, 0.6) is 0 Å². The molecule has 0 radical (unpaired) electrons. The van der Waals surface area contributed by atoms with Gasteiger partial charge in [0.25, 0.3) is 0 Å². The van der Waals surface area contributed by atoms with Crippen molar-refractivity contribution in [3.63, 3.8) is 0 Å². The van der Waals surface area contributed by atoms with Gasteiger partial charge in [-0.25, -0.2) is 4.79 Å². The Bertz CT molecular complexity index is 171. The molecule has 0 aliphatic heterocycles. The molecule has 12 heavy (non-hydrogen) atoms. The molecule has 0 aromatic carbocycles. The number of ether oxygens (including phenoxy) is 2. The predicted octanol–water partition coefficient (Wildman–Crippen LogP) is 1.74. The Morgan fingerprint density at radius 1 is 1.50 bits per heavy atom. The number of methoxy groups -OCH3 is 1. The van der Waals surface area contributed by atoms with E-state index in [0.717, 1.165) is 0 Å². The van der Waals surface area contributed by atoms with Gasteiger partial charge in [-0.05, 0) is 12.8 Å². The van der Waals surface area contributed by atoms with Crippen molar-refractivity contribution in [1.29, 1.82) is 0 Å². The minimum Gasteiger partial charge on any atom is -0.501 e. The van der Waals surface area contributed by atoms with Crippen molar-refractivity contribution in [3.8, 4) is 0 Å². The van der Waals surface area contributed by atoms with Crippen LogP contribution in [-0.2, 0) is 14.3 Å². The van der Waals surface area contributed by atoms with E-state index in [1.807, 2.05) is 13.8 Å². The van der Waals surface area contributed by atoms with Crippen molar-refractivity contribution < 1.29 is 14.3 Å². The van der Waals surface area contributed by atoms with Crippen molar-refractivity contribution in [2.24, 2.45) is 5.92 Å². The first-order valence-electron chi connectivity index (χ1n) is 3.95. The Labute approximate surface area is 73.4 Å². The van der Waals surface area contributed by atoms with E-state index in [1.165, 1.54) is 13.2 Å². The predicted molar refractivity (Wildman–Crippen MR) is 46.6 cm³/mol. The van der Waals surface area contributed by atoms with Crippen LogP contribution in [-0.4, -0.2) is 19.7 Å². The molecule has 0 aromatic rings. The molecular formula is C9H16O3. The second-order valence-electron chi connectivity index (χ2n) is 2.98. The minimum atomic E-state index is -0.344. The fourth-order valence-corrected chi connectivity index (χ4v) is 0.515. The van der Waals surface area contributed by atoms with E-state index in [0.29, 0.717) is 18.3 Å². The molecule has 0 N–H and O–H groups in total. The Morgan fingerprint density at radius 2 is 2.08 bits per heavy atom. The van der Waals surface area contributed by atoms with Crippen LogP contribution in [0.3, 0.4) is 0 Å². The standard InChI is InChI=1S/C9H16O3/c1-7(2)6-12-9(10)5-8(3)11-4/h5,7H,6H2,1-4H3/b8-5-. The summed E-state index contributed by atoms with van der Waals surface area (Å²) in [5.41, 5.74) is 0. The van der Waals surface area contributed by atoms with Gasteiger partial charge in [0.1, 0.15) is 0 Å². The lowest BCUT2D eigenvalue weighted by molar-refractivity contribution is -0.139. The van der Waals surface area contributed by atoms with Gasteiger partial charge >= 0.3 is 5.97 Å². The third kappa shape index (κ3) is 5.77. The van der Waals surface area contributed by atoms with Gasteiger partial charge in [0.15, 0.2) is 0 Å². The molecule has 0 aliphatic rings. The highest BCUT2D eigenvalue weighted by molar-refractivity contribution is 5.82. The molecule has 0 atom stereocenters. The van der Waals surface area contributed by atoms with Crippen LogP contribution >= 0.6 is 0 Å². The van der Waals surface area contributed by atoms with E-state index in [1.54, 1.807) is 6.92 Å². The highest BCUT2D eigenvalue weighted by Gasteiger charge is 2.00. The van der Waals surface area contributed by atoms with Crippen LogP contribution in [0.2, 0.25) is 0 Å². The number of hydrogen-bond donors (Lipinski definition) is 0. The molecule has 0 aromatic heterocycles. The lowest BCUT2D eigenvalue weighted by Gasteiger charge is -2.04. The van der Waals surface area contributed by atoms with Crippen molar-refractivity contribution >= 4 is 5.97 Å². The first-order valence-corrected chi connectivity index (χ1v) is 3.95. The Hall–Kier alpha value is -0.990. The van der Waals surface area contributed by atoms with Crippen LogP contribution in [0.4, 0.5) is 0 Å². The molecule has 3 nitrogen and oxygen atoms in total. The largest absolute Gasteiger partial charge is 0.501 e. The van der Waals surface area contributed by atoms with E-state index < -0.39 is 0 Å². The smallest absolute Gasteiger partial charge is 0.334 e. The molecule has 0 spiro atoms. The van der Waals surface area contributed by atoms with E-state index in [4.69, 9.17) is 9.47 Å². The van der Waals surface area contributed by atoms with Crippen molar-refractivity contribution in [1.82, 2.24) is 0 Å². The molecule has 0 bridgehead atoms. The Kier molecular flexibility index (Phi) is 5.17. The number of rotatable bonds is 4. The van der Waals surface area contributed by atoms with Gasteiger partial charge in [-0.15, -0.1) is 0 Å². The molecule has 0 aliphatic carbocycles. The molecule has 0 unspecified atom stereocenters. The van der Waals surface area contributed by atoms with Crippen LogP contribution in [0.1, 0.15) is 20.8 Å². The molecule has 70 valence electrons. The number of hydrogen-bond acceptors (Lipinski definition) is 3. The third-order valence-electron chi connectivity index (χ3n) is 1.20. The first kappa shape index (κ1) is 11.0. The van der Waals surface area contributed by atoms with Gasteiger partial charge in [0.2, 0.25) is 0 Å². The van der Waals surface area contributed by atoms with Gasteiger partial charge in [-0.1, -0.05) is 13.8 Å². The zero-order chi connectivity index (χ0) is 9.56. The third-order valence-corrected chi connectivity index (χ3v) is 1.20. The summed E-state index contributed by atoms with van der Waals surface area (Å²) < 4.78 is 9.67. The quantitative estimate of drug-likeness (QED) is 0.368. The highest BCUT2D eigenvalue weighted by atomic mass is 16.5. The van der Waals surface area contributed by atoms with Gasteiger partial charge in [-0.3, -0.25) is 0 Å². The van der Waals surface area contributed by atoms with Gasteiger partial charge in [0.05, 0.1) is 25.6 Å². The highest BCUT2D eigenvalue weighted by Crippen LogP contribution is 1.97. The fourth-order valence-electron chi connectivity index (χ4n) is 0.515. The SMILES string of the molecule is CO/C(C)=C\C(=O)OCC(C)C. The van der Waals surface area contributed by atoms with E-state index in [-0.39, 0.29) is 5.97 Å². The summed E-state index contributed by atoms with van der Waals surface area (Å²) in [5.74, 6) is 0.581. The summed E-state index contributed by atoms with van der Waals surface area (Å²) >= 11 is 0. The lowest BCUT2D eigenvalue weighted by Crippen LogP contribution is -2.07. The van der Waals surface area contributed by atoms with Crippen LogP contribution < -0.4 is 0 Å². The molecule has 0 saturated carbocycles. The Morgan fingerprint density at radius 3 is 2.50 bits per heavy atom. The van der Waals surface area contributed by atoms with E-state index >= 15 is 0 Å². The summed E-state index contributed by atoms with van der Waals surface area (Å²) in [6, 6.07) is 0. The molecule has 3 heteroatoms. The average molecular weight is 172 g/mol. The fraction of sp³-hybridized carbons (Fsp3) is 0.667. The molecule has 0 heterocycles. The molecule has 0 rings (SSSR count). The zero-order valence-corrected chi connectivity index (χ0v) is 8.09. The number of carbonyl (C=O) groups is 1. The van der Waals surface area contributed by atoms with Gasteiger partial charge in [0, 0.05) is 0 Å². The summed E-state index contributed by atoms with van der Waals surface area (Å²) in [6.45, 7) is 6.13. The summed E-state index contributed by atoms with van der Waals surface area (Å²) in [5, 5.41) is 0. The number of carbonyl (C=O) groups excluding carboxylic acids is 1. The maximum absolute atomic E-state index is 10.9. The lowest BCUT2D eigenvalue weighted by atomic mass is 10.2. The normalized spacial score (nSPS) is 11.6. The monoisotopic (exact) mass is 172 g/mol. The van der Waals surface area contributed by atoms with Crippen molar-refractivity contribution in [2.45, 2.75) is 20.8 Å². The number of allylic oxidation sites excluding steroid dienone is 1. The average Bonchev–Trinajstić information content (AvgIpc) is 2.00. The van der Waals surface area contributed by atoms with Crippen LogP contribution in [0.25, 0.3) is 0 Å². The second kappa shape index (κ2) is 5.63. The maximum atomic E-state index is 10.9. The first-order chi connectivity index (χ1) is 5.56. The summed E-state index contributed by atoms with van der Waals surface area (Å²) in [7, 11) is 1.52. The number of esters is 1. The maximum Gasteiger partial charge on any atom is 0.334 e. The molecule has 0 fully saturated rings. The summed E-state index contributed by atoms with van der Waals surface area (Å²) in [6.07, 6.45) is 1.34. The van der Waals surface area contributed by atoms with E-state index in [2.05, 4.69) is 0 Å².